The van der Waals surface area contributed by atoms with Gasteiger partial charge in [-0.3, -0.25) is 9.59 Å². The van der Waals surface area contributed by atoms with Crippen LogP contribution < -0.4 is 15.4 Å². The lowest BCUT2D eigenvalue weighted by molar-refractivity contribution is -0.128. The van der Waals surface area contributed by atoms with E-state index in [4.69, 9.17) is 0 Å². The topological polar surface area (TPSA) is 120 Å². The van der Waals surface area contributed by atoms with Gasteiger partial charge in [0.25, 0.3) is 0 Å². The lowest BCUT2D eigenvalue weighted by Gasteiger charge is -2.17. The van der Waals surface area contributed by atoms with Gasteiger partial charge in [-0.1, -0.05) is 30.3 Å². The molecular formula is C21H24N4O4S. The number of hydrogen-bond donors (Lipinski definition) is 4. The summed E-state index contributed by atoms with van der Waals surface area (Å²) in [6.07, 6.45) is 2.16. The van der Waals surface area contributed by atoms with Crippen LogP contribution in [0.25, 0.3) is 10.9 Å². The summed E-state index contributed by atoms with van der Waals surface area (Å²) in [6, 6.07) is 13.3. The molecule has 1 heterocycles. The van der Waals surface area contributed by atoms with E-state index >= 15 is 0 Å². The summed E-state index contributed by atoms with van der Waals surface area (Å²) in [5, 5.41) is 6.47. The van der Waals surface area contributed by atoms with Gasteiger partial charge in [-0.15, -0.1) is 0 Å². The molecule has 0 saturated heterocycles. The van der Waals surface area contributed by atoms with Gasteiger partial charge in [0.2, 0.25) is 21.8 Å². The first-order valence-corrected chi connectivity index (χ1v) is 10.9. The molecule has 1 aromatic heterocycles. The second-order valence-corrected chi connectivity index (χ2v) is 8.78. The molecule has 0 bridgehead atoms. The summed E-state index contributed by atoms with van der Waals surface area (Å²) in [7, 11) is -2.23. The quantitative estimate of drug-likeness (QED) is 0.434. The molecule has 1 atom stereocenters. The Hall–Kier alpha value is -3.17. The predicted molar refractivity (Wildman–Crippen MR) is 114 cm³/mol. The van der Waals surface area contributed by atoms with Crippen LogP contribution in [0.15, 0.2) is 59.6 Å². The van der Waals surface area contributed by atoms with E-state index in [1.54, 1.807) is 12.1 Å². The highest BCUT2D eigenvalue weighted by atomic mass is 32.2. The van der Waals surface area contributed by atoms with Gasteiger partial charge >= 0.3 is 0 Å². The van der Waals surface area contributed by atoms with E-state index in [1.807, 2.05) is 30.5 Å². The summed E-state index contributed by atoms with van der Waals surface area (Å²) in [5.41, 5.74) is 2.51. The second-order valence-electron chi connectivity index (χ2n) is 6.89. The molecule has 0 saturated carbocycles. The molecule has 2 amide bonds. The molecule has 0 aliphatic carbocycles. The normalized spacial score (nSPS) is 12.5. The fraction of sp³-hybridized carbons (Fsp3) is 0.238. The third-order valence-corrected chi connectivity index (χ3v) is 6.15. The monoisotopic (exact) mass is 428 g/mol. The number of H-pyrrole nitrogens is 1. The smallest absolute Gasteiger partial charge is 0.243 e. The van der Waals surface area contributed by atoms with Crippen molar-refractivity contribution in [3.63, 3.8) is 0 Å². The van der Waals surface area contributed by atoms with Crippen molar-refractivity contribution in [1.29, 1.82) is 0 Å². The number of fused-ring (bicyclic) bond motifs is 1. The summed E-state index contributed by atoms with van der Waals surface area (Å²) < 4.78 is 26.2. The number of amides is 2. The van der Waals surface area contributed by atoms with Gasteiger partial charge in [0.05, 0.1) is 4.90 Å². The molecule has 30 heavy (non-hydrogen) atoms. The SMILES string of the molecule is CNS(=O)(=O)c1cccc(CNC(=O)C(Cc2c[nH]c3ccccc23)NC(C)=O)c1. The van der Waals surface area contributed by atoms with E-state index < -0.39 is 16.1 Å². The highest BCUT2D eigenvalue weighted by molar-refractivity contribution is 7.89. The maximum Gasteiger partial charge on any atom is 0.243 e. The molecule has 0 aliphatic heterocycles. The number of nitrogens with one attached hydrogen (secondary N) is 4. The van der Waals surface area contributed by atoms with E-state index in [2.05, 4.69) is 20.3 Å². The Morgan fingerprint density at radius 2 is 1.87 bits per heavy atom. The third kappa shape index (κ3) is 5.05. The Labute approximate surface area is 175 Å². The van der Waals surface area contributed by atoms with Gasteiger partial charge in [0.15, 0.2) is 0 Å². The Bertz CT molecular complexity index is 1170. The van der Waals surface area contributed by atoms with Crippen LogP contribution in [0.5, 0.6) is 0 Å². The molecule has 0 radical (unpaired) electrons. The maximum absolute atomic E-state index is 12.8. The van der Waals surface area contributed by atoms with E-state index in [0.29, 0.717) is 12.0 Å². The predicted octanol–water partition coefficient (Wildman–Crippen LogP) is 1.44. The number of aromatic nitrogens is 1. The number of carbonyl (C=O) groups excluding carboxylic acids is 2. The number of benzene rings is 2. The van der Waals surface area contributed by atoms with Gasteiger partial charge in [0.1, 0.15) is 6.04 Å². The van der Waals surface area contributed by atoms with Crippen molar-refractivity contribution in [2.45, 2.75) is 30.8 Å². The lowest BCUT2D eigenvalue weighted by Crippen LogP contribution is -2.47. The molecule has 3 aromatic rings. The van der Waals surface area contributed by atoms with Crippen molar-refractivity contribution in [3.8, 4) is 0 Å². The molecule has 0 fully saturated rings. The molecule has 0 spiro atoms. The van der Waals surface area contributed by atoms with Crippen LogP contribution in [-0.2, 0) is 32.6 Å². The van der Waals surface area contributed by atoms with Crippen molar-refractivity contribution < 1.29 is 18.0 Å². The van der Waals surface area contributed by atoms with Crippen molar-refractivity contribution >= 4 is 32.7 Å². The van der Waals surface area contributed by atoms with E-state index in [-0.39, 0.29) is 23.3 Å². The molecular weight excluding hydrogens is 404 g/mol. The summed E-state index contributed by atoms with van der Waals surface area (Å²) in [6.45, 7) is 1.50. The minimum absolute atomic E-state index is 0.119. The average Bonchev–Trinajstić information content (AvgIpc) is 3.14. The van der Waals surface area contributed by atoms with Gasteiger partial charge in [-0.05, 0) is 36.4 Å². The molecule has 8 nitrogen and oxygen atoms in total. The Morgan fingerprint density at radius 3 is 2.60 bits per heavy atom. The molecule has 9 heteroatoms. The first kappa shape index (κ1) is 21.5. The van der Waals surface area contributed by atoms with Crippen LogP contribution in [0.4, 0.5) is 0 Å². The Morgan fingerprint density at radius 1 is 1.10 bits per heavy atom. The Kier molecular flexibility index (Phi) is 6.53. The Balaban J connectivity index is 1.73. The van der Waals surface area contributed by atoms with E-state index in [0.717, 1.165) is 16.5 Å². The first-order chi connectivity index (χ1) is 14.3. The van der Waals surface area contributed by atoms with Crippen LogP contribution in [0.2, 0.25) is 0 Å². The summed E-state index contributed by atoms with van der Waals surface area (Å²) in [5.74, 6) is -0.658. The van der Waals surface area contributed by atoms with Gasteiger partial charge in [-0.2, -0.15) is 0 Å². The average molecular weight is 429 g/mol. The van der Waals surface area contributed by atoms with E-state index in [1.165, 1.54) is 26.1 Å². The van der Waals surface area contributed by atoms with Crippen molar-refractivity contribution in [2.24, 2.45) is 0 Å². The molecule has 158 valence electrons. The van der Waals surface area contributed by atoms with E-state index in [9.17, 15) is 18.0 Å². The molecule has 0 aliphatic rings. The van der Waals surface area contributed by atoms with Crippen LogP contribution in [0.3, 0.4) is 0 Å². The number of hydrogen-bond acceptors (Lipinski definition) is 4. The van der Waals surface area contributed by atoms with Crippen molar-refractivity contribution in [3.05, 3.63) is 65.9 Å². The fourth-order valence-corrected chi connectivity index (χ4v) is 4.03. The van der Waals surface area contributed by atoms with Crippen LogP contribution in [-0.4, -0.2) is 38.3 Å². The number of rotatable bonds is 8. The molecule has 4 N–H and O–H groups in total. The number of carbonyl (C=O) groups is 2. The zero-order valence-corrected chi connectivity index (χ0v) is 17.5. The maximum atomic E-state index is 12.8. The zero-order valence-electron chi connectivity index (χ0n) is 16.7. The molecule has 3 rings (SSSR count). The number of sulfonamides is 1. The highest BCUT2D eigenvalue weighted by Crippen LogP contribution is 2.19. The van der Waals surface area contributed by atoms with Crippen LogP contribution >= 0.6 is 0 Å². The molecule has 1 unspecified atom stereocenters. The zero-order chi connectivity index (χ0) is 21.7. The largest absolute Gasteiger partial charge is 0.361 e. The minimum Gasteiger partial charge on any atom is -0.361 e. The summed E-state index contributed by atoms with van der Waals surface area (Å²) in [4.78, 5) is 27.7. The van der Waals surface area contributed by atoms with Crippen LogP contribution in [0, 0.1) is 0 Å². The molecule has 2 aromatic carbocycles. The third-order valence-electron chi connectivity index (χ3n) is 4.74. The minimum atomic E-state index is -3.57. The standard InChI is InChI=1S/C21H24N4O4S/c1-14(26)25-20(11-16-13-23-19-9-4-3-8-18(16)19)21(27)24-12-15-6-5-7-17(10-15)30(28,29)22-2/h3-10,13,20,22-23H,11-12H2,1-2H3,(H,24,27)(H,25,26). The lowest BCUT2D eigenvalue weighted by atomic mass is 10.0. The highest BCUT2D eigenvalue weighted by Gasteiger charge is 2.21. The van der Waals surface area contributed by atoms with Gasteiger partial charge in [0, 0.05) is 37.0 Å². The second kappa shape index (κ2) is 9.10. The number of aromatic amines is 1. The summed E-state index contributed by atoms with van der Waals surface area (Å²) >= 11 is 0. The fourth-order valence-electron chi connectivity index (χ4n) is 3.23. The van der Waals surface area contributed by atoms with Gasteiger partial charge < -0.3 is 15.6 Å². The van der Waals surface area contributed by atoms with Crippen molar-refractivity contribution in [2.75, 3.05) is 7.05 Å². The van der Waals surface area contributed by atoms with Gasteiger partial charge in [-0.25, -0.2) is 13.1 Å². The first-order valence-electron chi connectivity index (χ1n) is 9.42. The number of para-hydroxylation sites is 1. The van der Waals surface area contributed by atoms with Crippen LogP contribution in [0.1, 0.15) is 18.1 Å². The van der Waals surface area contributed by atoms with Crippen molar-refractivity contribution in [1.82, 2.24) is 20.3 Å².